The molecule has 27 heavy (non-hydrogen) atoms. The summed E-state index contributed by atoms with van der Waals surface area (Å²) in [4.78, 5) is 22.4. The second kappa shape index (κ2) is 7.82. The maximum Gasteiger partial charge on any atom is 0.410 e. The maximum absolute atomic E-state index is 12.1. The Bertz CT molecular complexity index is 761. The summed E-state index contributed by atoms with van der Waals surface area (Å²) < 4.78 is 11.3. The van der Waals surface area contributed by atoms with Gasteiger partial charge in [-0.2, -0.15) is 0 Å². The molecule has 2 N–H and O–H groups in total. The second-order valence-corrected chi connectivity index (χ2v) is 7.66. The lowest BCUT2D eigenvalue weighted by Gasteiger charge is -2.33. The van der Waals surface area contributed by atoms with Crippen LogP contribution < -0.4 is 10.5 Å². The van der Waals surface area contributed by atoms with Crippen LogP contribution >= 0.6 is 0 Å². The van der Waals surface area contributed by atoms with Crippen molar-refractivity contribution >= 4 is 11.8 Å². The number of nitrogens with zero attached hydrogens (tertiary/aromatic N) is 3. The zero-order valence-electron chi connectivity index (χ0n) is 16.0. The van der Waals surface area contributed by atoms with E-state index >= 15 is 0 Å². The number of carbonyl (C=O) groups excluding carboxylic acids is 1. The first kappa shape index (κ1) is 18.9. The van der Waals surface area contributed by atoms with E-state index in [4.69, 9.17) is 15.2 Å². The number of hydrogen-bond donors (Lipinski definition) is 1. The van der Waals surface area contributed by atoms with Crippen LogP contribution in [0.2, 0.25) is 0 Å². The summed E-state index contributed by atoms with van der Waals surface area (Å²) in [5.74, 6) is 0. The van der Waals surface area contributed by atoms with E-state index in [-0.39, 0.29) is 12.2 Å². The Morgan fingerprint density at radius 3 is 2.22 bits per heavy atom. The van der Waals surface area contributed by atoms with E-state index in [1.807, 2.05) is 45.0 Å². The van der Waals surface area contributed by atoms with Crippen LogP contribution in [0.25, 0.3) is 11.1 Å². The molecule has 7 heteroatoms. The van der Waals surface area contributed by atoms with Crippen LogP contribution in [0.4, 0.5) is 10.5 Å². The molecule has 0 aliphatic carbocycles. The third-order valence-corrected chi connectivity index (χ3v) is 4.24. The van der Waals surface area contributed by atoms with Crippen molar-refractivity contribution < 1.29 is 14.3 Å². The number of ether oxygens (including phenoxy) is 2. The van der Waals surface area contributed by atoms with Gasteiger partial charge in [0.2, 0.25) is 0 Å². The van der Waals surface area contributed by atoms with Gasteiger partial charge in [0.05, 0.1) is 0 Å². The Balaban J connectivity index is 1.52. The van der Waals surface area contributed by atoms with E-state index in [1.54, 1.807) is 17.3 Å². The lowest BCUT2D eigenvalue weighted by atomic mass is 10.1. The van der Waals surface area contributed by atoms with Gasteiger partial charge in [-0.25, -0.2) is 14.8 Å². The van der Waals surface area contributed by atoms with E-state index in [1.165, 1.54) is 0 Å². The lowest BCUT2D eigenvalue weighted by Crippen LogP contribution is -2.44. The first-order chi connectivity index (χ1) is 12.8. The van der Waals surface area contributed by atoms with Crippen molar-refractivity contribution in [2.45, 2.75) is 45.3 Å². The van der Waals surface area contributed by atoms with Crippen molar-refractivity contribution in [2.24, 2.45) is 0 Å². The van der Waals surface area contributed by atoms with Crippen LogP contribution in [0.5, 0.6) is 6.01 Å². The molecular formula is C20H26N4O3. The zero-order chi connectivity index (χ0) is 19.4. The third-order valence-electron chi connectivity index (χ3n) is 4.24. The molecule has 2 aromatic rings. The molecular weight excluding hydrogens is 344 g/mol. The van der Waals surface area contributed by atoms with Crippen LogP contribution in [-0.4, -0.2) is 45.8 Å². The highest BCUT2D eigenvalue weighted by Crippen LogP contribution is 2.22. The van der Waals surface area contributed by atoms with Gasteiger partial charge >= 0.3 is 12.1 Å². The molecule has 1 aromatic carbocycles. The number of likely N-dealkylation sites (tertiary alicyclic amines) is 1. The Morgan fingerprint density at radius 1 is 1.07 bits per heavy atom. The number of hydrogen-bond acceptors (Lipinski definition) is 6. The van der Waals surface area contributed by atoms with Gasteiger partial charge in [0.15, 0.2) is 0 Å². The summed E-state index contributed by atoms with van der Waals surface area (Å²) in [5, 5.41) is 0. The second-order valence-electron chi connectivity index (χ2n) is 7.66. The van der Waals surface area contributed by atoms with Gasteiger partial charge in [0, 0.05) is 49.6 Å². The largest absolute Gasteiger partial charge is 0.460 e. The predicted octanol–water partition coefficient (Wildman–Crippen LogP) is 3.50. The molecule has 1 aliphatic heterocycles. The normalized spacial score (nSPS) is 15.4. The molecule has 1 aromatic heterocycles. The van der Waals surface area contributed by atoms with E-state index in [2.05, 4.69) is 9.97 Å². The Hall–Kier alpha value is -2.83. The third kappa shape index (κ3) is 5.32. The fraction of sp³-hybridized carbons (Fsp3) is 0.450. The predicted molar refractivity (Wildman–Crippen MR) is 103 cm³/mol. The number of carbonyl (C=O) groups is 1. The molecule has 0 unspecified atom stereocenters. The van der Waals surface area contributed by atoms with Gasteiger partial charge < -0.3 is 20.1 Å². The smallest absolute Gasteiger partial charge is 0.410 e. The molecule has 2 heterocycles. The van der Waals surface area contributed by atoms with Gasteiger partial charge in [0.1, 0.15) is 11.7 Å². The van der Waals surface area contributed by atoms with Gasteiger partial charge in [0.25, 0.3) is 0 Å². The maximum atomic E-state index is 12.1. The van der Waals surface area contributed by atoms with Crippen molar-refractivity contribution in [2.75, 3.05) is 18.8 Å². The van der Waals surface area contributed by atoms with Crippen LogP contribution in [0.3, 0.4) is 0 Å². The summed E-state index contributed by atoms with van der Waals surface area (Å²) in [6.45, 7) is 6.80. The average Bonchev–Trinajstić information content (AvgIpc) is 2.62. The molecule has 0 saturated carbocycles. The number of aromatic nitrogens is 2. The Morgan fingerprint density at radius 2 is 1.67 bits per heavy atom. The van der Waals surface area contributed by atoms with E-state index < -0.39 is 5.60 Å². The molecule has 144 valence electrons. The van der Waals surface area contributed by atoms with Crippen LogP contribution in [0.15, 0.2) is 36.7 Å². The Kier molecular flexibility index (Phi) is 5.48. The van der Waals surface area contributed by atoms with Crippen LogP contribution in [0, 0.1) is 0 Å². The van der Waals surface area contributed by atoms with Crippen molar-refractivity contribution in [3.05, 3.63) is 36.7 Å². The number of piperidine rings is 1. The van der Waals surface area contributed by atoms with Crippen molar-refractivity contribution in [3.8, 4) is 17.1 Å². The first-order valence-corrected chi connectivity index (χ1v) is 9.13. The number of amides is 1. The van der Waals surface area contributed by atoms with E-state index in [9.17, 15) is 4.79 Å². The van der Waals surface area contributed by atoms with E-state index in [0.717, 1.165) is 29.7 Å². The summed E-state index contributed by atoms with van der Waals surface area (Å²) in [5.41, 5.74) is 7.85. The SMILES string of the molecule is CC(C)(C)OC(=O)N1CCC(Oc2ncc(-c3ccc(N)cc3)cn2)CC1. The zero-order valence-corrected chi connectivity index (χ0v) is 16.0. The number of nitrogen functional groups attached to an aromatic ring is 1. The van der Waals surface area contributed by atoms with Crippen molar-refractivity contribution in [3.63, 3.8) is 0 Å². The molecule has 0 radical (unpaired) electrons. The minimum Gasteiger partial charge on any atom is -0.460 e. The van der Waals surface area contributed by atoms with Gasteiger partial charge in [-0.3, -0.25) is 0 Å². The molecule has 7 nitrogen and oxygen atoms in total. The van der Waals surface area contributed by atoms with Crippen LogP contribution in [0.1, 0.15) is 33.6 Å². The fourth-order valence-corrected chi connectivity index (χ4v) is 2.83. The number of nitrogens with two attached hydrogens (primary N) is 1. The highest BCUT2D eigenvalue weighted by molar-refractivity contribution is 5.68. The average molecular weight is 370 g/mol. The molecule has 0 spiro atoms. The summed E-state index contributed by atoms with van der Waals surface area (Å²) in [6, 6.07) is 7.91. The number of benzene rings is 1. The number of rotatable bonds is 3. The van der Waals surface area contributed by atoms with Gasteiger partial charge in [-0.05, 0) is 38.5 Å². The molecule has 1 saturated heterocycles. The minimum absolute atomic E-state index is 0.00828. The molecule has 1 aliphatic rings. The van der Waals surface area contributed by atoms with Crippen molar-refractivity contribution in [1.82, 2.24) is 14.9 Å². The first-order valence-electron chi connectivity index (χ1n) is 9.13. The highest BCUT2D eigenvalue weighted by atomic mass is 16.6. The molecule has 1 amide bonds. The molecule has 3 rings (SSSR count). The van der Waals surface area contributed by atoms with Crippen molar-refractivity contribution in [1.29, 1.82) is 0 Å². The Labute approximate surface area is 159 Å². The highest BCUT2D eigenvalue weighted by Gasteiger charge is 2.28. The summed E-state index contributed by atoms with van der Waals surface area (Å²) in [7, 11) is 0. The van der Waals surface area contributed by atoms with Crippen LogP contribution in [-0.2, 0) is 4.74 Å². The topological polar surface area (TPSA) is 90.6 Å². The summed E-state index contributed by atoms with van der Waals surface area (Å²) >= 11 is 0. The fourth-order valence-electron chi connectivity index (χ4n) is 2.83. The minimum atomic E-state index is -0.482. The molecule has 0 bridgehead atoms. The lowest BCUT2D eigenvalue weighted by molar-refractivity contribution is 0.0119. The number of anilines is 1. The van der Waals surface area contributed by atoms with E-state index in [0.29, 0.717) is 19.1 Å². The molecule has 1 fully saturated rings. The quantitative estimate of drug-likeness (QED) is 0.832. The monoisotopic (exact) mass is 370 g/mol. The van der Waals surface area contributed by atoms with Gasteiger partial charge in [-0.1, -0.05) is 12.1 Å². The van der Waals surface area contributed by atoms with Gasteiger partial charge in [-0.15, -0.1) is 0 Å². The standard InChI is InChI=1S/C20H26N4O3/c1-20(2,3)27-19(25)24-10-8-17(9-11-24)26-18-22-12-15(13-23-18)14-4-6-16(21)7-5-14/h4-7,12-13,17H,8-11,21H2,1-3H3. The molecule has 0 atom stereocenters. The summed E-state index contributed by atoms with van der Waals surface area (Å²) in [6.07, 6.45) is 4.65.